The first-order chi connectivity index (χ1) is 7.93. The Bertz CT molecular complexity index is 245. The van der Waals surface area contributed by atoms with Crippen LogP contribution in [-0.4, -0.2) is 18.0 Å². The third kappa shape index (κ3) is 4.30. The van der Waals surface area contributed by atoms with Crippen molar-refractivity contribution in [2.45, 2.75) is 65.5 Å². The zero-order chi connectivity index (χ0) is 13.0. The zero-order valence-electron chi connectivity index (χ0n) is 11.7. The first-order valence-corrected chi connectivity index (χ1v) is 7.00. The first kappa shape index (κ1) is 14.5. The lowest BCUT2D eigenvalue weighted by atomic mass is 9.80. The molecule has 3 heteroatoms. The molecule has 17 heavy (non-hydrogen) atoms. The molecule has 3 nitrogen and oxygen atoms in total. The van der Waals surface area contributed by atoms with Crippen molar-refractivity contribution in [1.82, 2.24) is 5.32 Å². The molecule has 0 aliphatic heterocycles. The smallest absolute Gasteiger partial charge is 0.237 e. The number of carbonyl (C=O) groups excluding carboxylic acids is 1. The summed E-state index contributed by atoms with van der Waals surface area (Å²) in [4.78, 5) is 12.0. The number of nitrogens with two attached hydrogens (primary N) is 1. The van der Waals surface area contributed by atoms with E-state index in [0.29, 0.717) is 17.9 Å². The van der Waals surface area contributed by atoms with Gasteiger partial charge in [-0.05, 0) is 37.0 Å². The van der Waals surface area contributed by atoms with Crippen LogP contribution in [0.1, 0.15) is 53.4 Å². The van der Waals surface area contributed by atoms with Crippen LogP contribution in [0.3, 0.4) is 0 Å². The fourth-order valence-electron chi connectivity index (χ4n) is 2.87. The highest BCUT2D eigenvalue weighted by atomic mass is 16.2. The molecule has 0 aromatic heterocycles. The van der Waals surface area contributed by atoms with Gasteiger partial charge in [0.25, 0.3) is 0 Å². The molecule has 1 aliphatic carbocycles. The molecule has 1 saturated carbocycles. The second kappa shape index (κ2) is 6.39. The van der Waals surface area contributed by atoms with Crippen molar-refractivity contribution in [3.8, 4) is 0 Å². The number of rotatable bonds is 4. The average Bonchev–Trinajstić information content (AvgIpc) is 2.25. The maximum absolute atomic E-state index is 12.0. The van der Waals surface area contributed by atoms with Gasteiger partial charge in [-0.1, -0.05) is 34.1 Å². The van der Waals surface area contributed by atoms with Gasteiger partial charge in [0.15, 0.2) is 0 Å². The largest absolute Gasteiger partial charge is 0.352 e. The van der Waals surface area contributed by atoms with Crippen LogP contribution in [-0.2, 0) is 4.79 Å². The Labute approximate surface area is 106 Å². The van der Waals surface area contributed by atoms with Crippen LogP contribution in [0.25, 0.3) is 0 Å². The molecule has 1 amide bonds. The van der Waals surface area contributed by atoms with Crippen molar-refractivity contribution in [3.63, 3.8) is 0 Å². The molecule has 1 rings (SSSR count). The Hall–Kier alpha value is -0.570. The molecule has 100 valence electrons. The molecule has 1 fully saturated rings. The Balaban J connectivity index is 2.45. The van der Waals surface area contributed by atoms with E-state index in [1.807, 2.05) is 6.92 Å². The van der Waals surface area contributed by atoms with E-state index in [1.165, 1.54) is 6.42 Å². The summed E-state index contributed by atoms with van der Waals surface area (Å²) < 4.78 is 0. The van der Waals surface area contributed by atoms with Gasteiger partial charge in [0.1, 0.15) is 0 Å². The first-order valence-electron chi connectivity index (χ1n) is 7.00. The van der Waals surface area contributed by atoms with Crippen LogP contribution >= 0.6 is 0 Å². The predicted molar refractivity (Wildman–Crippen MR) is 71.5 cm³/mol. The number of hydrogen-bond acceptors (Lipinski definition) is 2. The lowest BCUT2D eigenvalue weighted by molar-refractivity contribution is -0.124. The van der Waals surface area contributed by atoms with E-state index in [2.05, 4.69) is 26.1 Å². The monoisotopic (exact) mass is 240 g/mol. The highest BCUT2D eigenvalue weighted by Gasteiger charge is 2.27. The van der Waals surface area contributed by atoms with Crippen molar-refractivity contribution < 1.29 is 4.79 Å². The fraction of sp³-hybridized carbons (Fsp3) is 0.929. The van der Waals surface area contributed by atoms with Crippen LogP contribution in [0.15, 0.2) is 0 Å². The third-order valence-corrected chi connectivity index (χ3v) is 4.08. The maximum Gasteiger partial charge on any atom is 0.237 e. The molecule has 0 saturated heterocycles. The summed E-state index contributed by atoms with van der Waals surface area (Å²) in [6.45, 7) is 8.64. The van der Waals surface area contributed by atoms with Crippen LogP contribution < -0.4 is 11.1 Å². The van der Waals surface area contributed by atoms with E-state index >= 15 is 0 Å². The molecular formula is C14H28N2O. The summed E-state index contributed by atoms with van der Waals surface area (Å²) >= 11 is 0. The van der Waals surface area contributed by atoms with Gasteiger partial charge in [0.05, 0.1) is 6.04 Å². The summed E-state index contributed by atoms with van der Waals surface area (Å²) in [5.41, 5.74) is 5.95. The Morgan fingerprint density at radius 1 is 1.29 bits per heavy atom. The second-order valence-electron chi connectivity index (χ2n) is 6.03. The average molecular weight is 240 g/mol. The van der Waals surface area contributed by atoms with Gasteiger partial charge in [-0.2, -0.15) is 0 Å². The summed E-state index contributed by atoms with van der Waals surface area (Å²) in [6.07, 6.45) is 4.43. The van der Waals surface area contributed by atoms with Crippen LogP contribution in [0.5, 0.6) is 0 Å². The van der Waals surface area contributed by atoms with Gasteiger partial charge in [0, 0.05) is 6.04 Å². The third-order valence-electron chi connectivity index (χ3n) is 4.08. The lowest BCUT2D eigenvalue weighted by Crippen LogP contribution is -2.49. The Kier molecular flexibility index (Phi) is 5.44. The van der Waals surface area contributed by atoms with Crippen molar-refractivity contribution in [2.24, 2.45) is 23.5 Å². The SMILES string of the molecule is CCC(C)[C@@H](N)C(=O)NC1CC(C)CC(C)C1. The number of carbonyl (C=O) groups is 1. The van der Waals surface area contributed by atoms with E-state index < -0.39 is 0 Å². The van der Waals surface area contributed by atoms with Gasteiger partial charge in [0.2, 0.25) is 5.91 Å². The molecule has 0 radical (unpaired) electrons. The number of amides is 1. The molecule has 0 bridgehead atoms. The predicted octanol–water partition coefficient (Wildman–Crippen LogP) is 2.30. The summed E-state index contributed by atoms with van der Waals surface area (Å²) in [5, 5.41) is 3.13. The number of hydrogen-bond donors (Lipinski definition) is 2. The minimum absolute atomic E-state index is 0.0330. The lowest BCUT2D eigenvalue weighted by Gasteiger charge is -2.33. The van der Waals surface area contributed by atoms with Gasteiger partial charge < -0.3 is 11.1 Å². The van der Waals surface area contributed by atoms with Crippen molar-refractivity contribution >= 4 is 5.91 Å². The van der Waals surface area contributed by atoms with E-state index in [-0.39, 0.29) is 17.9 Å². The summed E-state index contributed by atoms with van der Waals surface area (Å²) in [6, 6.07) is -0.0242. The molecule has 1 aliphatic rings. The fourth-order valence-corrected chi connectivity index (χ4v) is 2.87. The van der Waals surface area contributed by atoms with Gasteiger partial charge >= 0.3 is 0 Å². The quantitative estimate of drug-likeness (QED) is 0.792. The maximum atomic E-state index is 12.0. The van der Waals surface area contributed by atoms with E-state index in [4.69, 9.17) is 5.73 Å². The van der Waals surface area contributed by atoms with E-state index in [1.54, 1.807) is 0 Å². The van der Waals surface area contributed by atoms with Gasteiger partial charge in [-0.15, -0.1) is 0 Å². The highest BCUT2D eigenvalue weighted by molar-refractivity contribution is 5.82. The molecule has 3 unspecified atom stereocenters. The van der Waals surface area contributed by atoms with Crippen molar-refractivity contribution in [2.75, 3.05) is 0 Å². The highest BCUT2D eigenvalue weighted by Crippen LogP contribution is 2.28. The zero-order valence-corrected chi connectivity index (χ0v) is 11.7. The van der Waals surface area contributed by atoms with Gasteiger partial charge in [-0.25, -0.2) is 0 Å². The molecule has 0 aromatic rings. The standard InChI is InChI=1S/C14H28N2O/c1-5-11(4)13(15)14(17)16-12-7-9(2)6-10(3)8-12/h9-13H,5-8,15H2,1-4H3,(H,16,17)/t9?,10?,11?,12?,13-/m1/s1. The number of nitrogens with one attached hydrogen (secondary N) is 1. The van der Waals surface area contributed by atoms with E-state index in [9.17, 15) is 4.79 Å². The van der Waals surface area contributed by atoms with E-state index in [0.717, 1.165) is 19.3 Å². The van der Waals surface area contributed by atoms with Crippen LogP contribution in [0.2, 0.25) is 0 Å². The van der Waals surface area contributed by atoms with Crippen LogP contribution in [0, 0.1) is 17.8 Å². The molecule has 0 aromatic carbocycles. The van der Waals surface area contributed by atoms with Gasteiger partial charge in [-0.3, -0.25) is 4.79 Å². The minimum Gasteiger partial charge on any atom is -0.352 e. The minimum atomic E-state index is -0.354. The Morgan fingerprint density at radius 3 is 2.29 bits per heavy atom. The summed E-state index contributed by atoms with van der Waals surface area (Å²) in [7, 11) is 0. The molecular weight excluding hydrogens is 212 g/mol. The normalized spacial score (nSPS) is 32.9. The Morgan fingerprint density at radius 2 is 1.82 bits per heavy atom. The summed E-state index contributed by atoms with van der Waals surface area (Å²) in [5.74, 6) is 1.71. The van der Waals surface area contributed by atoms with Crippen LogP contribution in [0.4, 0.5) is 0 Å². The molecule has 4 atom stereocenters. The molecule has 3 N–H and O–H groups in total. The molecule has 0 heterocycles. The topological polar surface area (TPSA) is 55.1 Å². The van der Waals surface area contributed by atoms with Crippen molar-refractivity contribution in [3.05, 3.63) is 0 Å². The second-order valence-corrected chi connectivity index (χ2v) is 6.03. The van der Waals surface area contributed by atoms with Crippen molar-refractivity contribution in [1.29, 1.82) is 0 Å². The molecule has 0 spiro atoms.